The van der Waals surface area contributed by atoms with Crippen molar-refractivity contribution in [3.63, 3.8) is 0 Å². The molecule has 1 aromatic carbocycles. The van der Waals surface area contributed by atoms with E-state index in [0.29, 0.717) is 5.69 Å². The van der Waals surface area contributed by atoms with Crippen molar-refractivity contribution in [3.05, 3.63) is 30.3 Å². The van der Waals surface area contributed by atoms with Gasteiger partial charge in [-0.3, -0.25) is 0 Å². The minimum Gasteiger partial charge on any atom is -0.394 e. The molecule has 0 aliphatic carbocycles. The molecule has 0 radical (unpaired) electrons. The Morgan fingerprint density at radius 2 is 1.44 bits per heavy atom. The van der Waals surface area contributed by atoms with E-state index < -0.39 is 0 Å². The molecular formula is C10H18N2O4. The Balaban J connectivity index is 0.00000225. The predicted molar refractivity (Wildman–Crippen MR) is 60.0 cm³/mol. The van der Waals surface area contributed by atoms with Crippen LogP contribution in [-0.2, 0) is 9.68 Å². The van der Waals surface area contributed by atoms with Gasteiger partial charge in [0.2, 0.25) is 0 Å². The summed E-state index contributed by atoms with van der Waals surface area (Å²) in [4.78, 5) is 10.3. The summed E-state index contributed by atoms with van der Waals surface area (Å²) in [5, 5.41) is 18.4. The largest absolute Gasteiger partial charge is 0.394 e. The second-order valence-corrected chi connectivity index (χ2v) is 2.71. The molecule has 0 heterocycles. The van der Waals surface area contributed by atoms with Crippen LogP contribution in [0.25, 0.3) is 0 Å². The lowest BCUT2D eigenvalue weighted by Gasteiger charge is -2.21. The number of rotatable bonds is 7. The van der Waals surface area contributed by atoms with E-state index in [1.54, 1.807) is 12.1 Å². The SMILES string of the molecule is N.OCCON(OCCO)c1ccccc1. The Labute approximate surface area is 94.5 Å². The standard InChI is InChI=1S/C10H15NO4.H3N/c12-6-8-14-11(15-9-7-13)10-4-2-1-3-5-10;/h1-5,12-13H,6-9H2;1H3. The molecule has 0 bridgehead atoms. The van der Waals surface area contributed by atoms with Crippen molar-refractivity contribution in [1.82, 2.24) is 6.15 Å². The summed E-state index contributed by atoms with van der Waals surface area (Å²) < 4.78 is 0. The lowest BCUT2D eigenvalue weighted by atomic mass is 10.3. The van der Waals surface area contributed by atoms with Crippen molar-refractivity contribution in [2.24, 2.45) is 0 Å². The Morgan fingerprint density at radius 1 is 0.938 bits per heavy atom. The molecule has 0 spiro atoms. The summed E-state index contributed by atoms with van der Waals surface area (Å²) in [5.74, 6) is 0. The maximum absolute atomic E-state index is 8.63. The summed E-state index contributed by atoms with van der Waals surface area (Å²) >= 11 is 0. The van der Waals surface area contributed by atoms with Crippen LogP contribution in [0.2, 0.25) is 0 Å². The van der Waals surface area contributed by atoms with Gasteiger partial charge in [-0.05, 0) is 12.1 Å². The normalized spacial score (nSPS) is 9.62. The zero-order valence-electron chi connectivity index (χ0n) is 9.08. The van der Waals surface area contributed by atoms with E-state index in [0.717, 1.165) is 0 Å². The third kappa shape index (κ3) is 5.06. The number of hydrogen-bond acceptors (Lipinski definition) is 6. The first-order valence-electron chi connectivity index (χ1n) is 4.71. The van der Waals surface area contributed by atoms with Gasteiger partial charge in [0.05, 0.1) is 18.9 Å². The predicted octanol–water partition coefficient (Wildman–Crippen LogP) is 0.503. The summed E-state index contributed by atoms with van der Waals surface area (Å²) in [6, 6.07) is 9.16. The highest BCUT2D eigenvalue weighted by molar-refractivity contribution is 5.40. The molecular weight excluding hydrogens is 212 g/mol. The number of aliphatic hydroxyl groups is 2. The third-order valence-corrected chi connectivity index (χ3v) is 1.57. The van der Waals surface area contributed by atoms with Crippen LogP contribution in [0.5, 0.6) is 0 Å². The van der Waals surface area contributed by atoms with E-state index in [-0.39, 0.29) is 32.6 Å². The Kier molecular flexibility index (Phi) is 8.41. The highest BCUT2D eigenvalue weighted by Gasteiger charge is 2.06. The maximum atomic E-state index is 8.63. The van der Waals surface area contributed by atoms with Crippen LogP contribution in [0, 0.1) is 0 Å². The van der Waals surface area contributed by atoms with Crippen LogP contribution < -0.4 is 11.4 Å². The molecule has 0 fully saturated rings. The van der Waals surface area contributed by atoms with Crippen molar-refractivity contribution in [1.29, 1.82) is 0 Å². The fourth-order valence-corrected chi connectivity index (χ4v) is 0.984. The Morgan fingerprint density at radius 3 is 1.88 bits per heavy atom. The van der Waals surface area contributed by atoms with Crippen LogP contribution in [-0.4, -0.2) is 36.6 Å². The molecule has 0 aliphatic heterocycles. The fourth-order valence-electron chi connectivity index (χ4n) is 0.984. The molecule has 6 heteroatoms. The summed E-state index contributed by atoms with van der Waals surface area (Å²) in [6.07, 6.45) is 0. The van der Waals surface area contributed by atoms with Gasteiger partial charge >= 0.3 is 0 Å². The van der Waals surface area contributed by atoms with Gasteiger partial charge in [0, 0.05) is 0 Å². The van der Waals surface area contributed by atoms with E-state index in [1.165, 1.54) is 5.23 Å². The molecule has 1 aromatic rings. The van der Waals surface area contributed by atoms with Gasteiger partial charge in [-0.25, -0.2) is 9.68 Å². The smallest absolute Gasteiger partial charge is 0.101 e. The van der Waals surface area contributed by atoms with Gasteiger partial charge in [-0.1, -0.05) is 18.2 Å². The average molecular weight is 230 g/mol. The topological polar surface area (TPSA) is 97.2 Å². The number of anilines is 1. The molecule has 0 atom stereocenters. The molecule has 0 saturated heterocycles. The number of benzene rings is 1. The fraction of sp³-hybridized carbons (Fsp3) is 0.400. The van der Waals surface area contributed by atoms with Gasteiger partial charge in [0.1, 0.15) is 13.2 Å². The second-order valence-electron chi connectivity index (χ2n) is 2.71. The van der Waals surface area contributed by atoms with E-state index in [9.17, 15) is 0 Å². The highest BCUT2D eigenvalue weighted by atomic mass is 16.9. The van der Waals surface area contributed by atoms with E-state index in [1.807, 2.05) is 18.2 Å². The Bertz CT molecular complexity index is 250. The van der Waals surface area contributed by atoms with Crippen molar-refractivity contribution in [3.8, 4) is 0 Å². The summed E-state index contributed by atoms with van der Waals surface area (Å²) in [6.45, 7) is 0.0955. The quantitative estimate of drug-likeness (QED) is 0.590. The van der Waals surface area contributed by atoms with Crippen molar-refractivity contribution in [2.45, 2.75) is 0 Å². The van der Waals surface area contributed by atoms with Gasteiger partial charge in [-0.2, -0.15) is 0 Å². The molecule has 1 rings (SSSR count). The van der Waals surface area contributed by atoms with Crippen molar-refractivity contribution in [2.75, 3.05) is 31.7 Å². The first kappa shape index (κ1) is 14.8. The average Bonchev–Trinajstić information content (AvgIpc) is 2.30. The van der Waals surface area contributed by atoms with Crippen molar-refractivity contribution >= 4 is 5.69 Å². The van der Waals surface area contributed by atoms with Gasteiger partial charge in [0.15, 0.2) is 0 Å². The first-order chi connectivity index (χ1) is 7.38. The minimum atomic E-state index is -0.0914. The lowest BCUT2D eigenvalue weighted by Crippen LogP contribution is -2.26. The Hall–Kier alpha value is -1.18. The van der Waals surface area contributed by atoms with E-state index in [4.69, 9.17) is 19.9 Å². The van der Waals surface area contributed by atoms with Crippen LogP contribution in [0.15, 0.2) is 30.3 Å². The second kappa shape index (κ2) is 9.08. The first-order valence-corrected chi connectivity index (χ1v) is 4.71. The maximum Gasteiger partial charge on any atom is 0.101 e. The molecule has 5 N–H and O–H groups in total. The number of hydrogen-bond donors (Lipinski definition) is 3. The zero-order chi connectivity index (χ0) is 10.9. The van der Waals surface area contributed by atoms with Crippen LogP contribution in [0.3, 0.4) is 0 Å². The monoisotopic (exact) mass is 230 g/mol. The van der Waals surface area contributed by atoms with E-state index in [2.05, 4.69) is 0 Å². The number of para-hydroxylation sites is 1. The minimum absolute atomic E-state index is 0. The molecule has 0 aromatic heterocycles. The molecule has 0 unspecified atom stereocenters. The lowest BCUT2D eigenvalue weighted by molar-refractivity contribution is -0.103. The molecule has 92 valence electrons. The zero-order valence-corrected chi connectivity index (χ0v) is 9.08. The van der Waals surface area contributed by atoms with Gasteiger partial charge in [-0.15, -0.1) is 5.23 Å². The number of nitrogens with zero attached hydrogens (tertiary/aromatic N) is 1. The summed E-state index contributed by atoms with van der Waals surface area (Å²) in [5.41, 5.74) is 0.708. The molecule has 16 heavy (non-hydrogen) atoms. The summed E-state index contributed by atoms with van der Waals surface area (Å²) in [7, 11) is 0. The molecule has 0 aliphatic rings. The van der Waals surface area contributed by atoms with Crippen LogP contribution in [0.4, 0.5) is 5.69 Å². The molecule has 6 nitrogen and oxygen atoms in total. The van der Waals surface area contributed by atoms with Gasteiger partial charge < -0.3 is 16.4 Å². The third-order valence-electron chi connectivity index (χ3n) is 1.57. The number of aliphatic hydroxyl groups excluding tert-OH is 2. The van der Waals surface area contributed by atoms with E-state index >= 15 is 0 Å². The molecule has 0 amide bonds. The highest BCUT2D eigenvalue weighted by Crippen LogP contribution is 2.13. The van der Waals surface area contributed by atoms with Crippen LogP contribution in [0.1, 0.15) is 0 Å². The molecule has 0 saturated carbocycles. The van der Waals surface area contributed by atoms with Crippen LogP contribution >= 0.6 is 0 Å². The van der Waals surface area contributed by atoms with Crippen molar-refractivity contribution < 1.29 is 19.9 Å². The van der Waals surface area contributed by atoms with Gasteiger partial charge in [0.25, 0.3) is 0 Å².